The number of carboxylic acids is 3. The molecule has 6 aromatic carbocycles. The Morgan fingerprint density at radius 1 is 0.492 bits per heavy atom. The quantitative estimate of drug-likeness (QED) is 0.0148. The molecule has 52 heteroatoms. The molecule has 10 atom stereocenters. The zero-order valence-electron chi connectivity index (χ0n) is 66.5. The molecule has 0 bridgehead atoms. The SMILES string of the molecule is CN(CC(=O)[O-])C(=O)Oc1ccc(Cl)cc1C(=O)Nc1ccc([N+](=O)[O-])cc1Cl.C[NH2+]CC(O)C(O)C(O)C(O)CO.C[NH2+]CC(O)C(O)C(O)C(O)CO.O=C(Nc1ccc([N+](=O)[O-])cc1Cl)c1cc(Cl)ccc1OC(=O)N1CCC[C@H]1C(=O)[O-].O=C(Nc1ccc([N+](=O)[O-])cc1Cl)c1cc(Cl)ccc1OC(=O)N1CCC[C@H]1C(=O)[O-].[HH].[HH].[NH3+]CC(CO)(CO)CO. The number of rotatable bonds is 32. The molecule has 696 valence electrons. The molecule has 8 unspecified atom stereocenters. The fourth-order valence-electron chi connectivity index (χ4n) is 10.5. The highest BCUT2D eigenvalue weighted by molar-refractivity contribution is 6.36. The predicted molar refractivity (Wildman–Crippen MR) is 441 cm³/mol. The van der Waals surface area contributed by atoms with Gasteiger partial charge in [-0.05, 0) is 98.5 Å². The molecule has 46 nitrogen and oxygen atoms in total. The van der Waals surface area contributed by atoms with Crippen molar-refractivity contribution >= 4 is 158 Å². The minimum absolute atomic E-state index is 0. The summed E-state index contributed by atoms with van der Waals surface area (Å²) in [4.78, 5) is 141. The molecule has 6 aromatic rings. The number of nitrogens with one attached hydrogen (secondary N) is 3. The van der Waals surface area contributed by atoms with Crippen molar-refractivity contribution in [2.24, 2.45) is 5.41 Å². The lowest BCUT2D eigenvalue weighted by atomic mass is 9.92. The number of carbonyl (C=O) groups is 9. The van der Waals surface area contributed by atoms with Gasteiger partial charge in [-0.3, -0.25) is 54.5 Å². The van der Waals surface area contributed by atoms with Crippen LogP contribution in [0, 0.1) is 35.8 Å². The van der Waals surface area contributed by atoms with E-state index >= 15 is 0 Å². The van der Waals surface area contributed by atoms with E-state index in [2.05, 4.69) is 21.7 Å². The van der Waals surface area contributed by atoms with Gasteiger partial charge in [-0.15, -0.1) is 0 Å². The van der Waals surface area contributed by atoms with Crippen LogP contribution in [-0.4, -0.2) is 304 Å². The number of benzene rings is 6. The topological polar surface area (TPSA) is 750 Å². The molecule has 0 radical (unpaired) electrons. The number of aliphatic hydroxyl groups is 13. The second kappa shape index (κ2) is 53.7. The first-order valence-electron chi connectivity index (χ1n) is 36.7. The minimum Gasteiger partial charge on any atom is -0.548 e. The largest absolute Gasteiger partial charge is 0.548 e. The predicted octanol–water partition coefficient (Wildman–Crippen LogP) is -3.02. The number of carboxylic acid groups (broad SMARTS) is 3. The number of quaternary nitrogens is 3. The van der Waals surface area contributed by atoms with Gasteiger partial charge in [-0.1, -0.05) is 69.6 Å². The molecule has 0 aromatic heterocycles. The highest BCUT2D eigenvalue weighted by Crippen LogP contribution is 2.35. The molecule has 0 spiro atoms. The van der Waals surface area contributed by atoms with Crippen molar-refractivity contribution in [3.8, 4) is 17.2 Å². The van der Waals surface area contributed by atoms with Crippen LogP contribution in [0.2, 0.25) is 30.1 Å². The Kier molecular flexibility index (Phi) is 46.6. The summed E-state index contributed by atoms with van der Waals surface area (Å²) in [6, 6.07) is 19.9. The summed E-state index contributed by atoms with van der Waals surface area (Å²) < 4.78 is 15.6. The Labute approximate surface area is 746 Å². The Morgan fingerprint density at radius 3 is 1.02 bits per heavy atom. The molecule has 126 heavy (non-hydrogen) atoms. The number of nitrogens with two attached hydrogens (primary N) is 2. The van der Waals surface area contributed by atoms with Crippen molar-refractivity contribution in [2.45, 2.75) is 86.6 Å². The smallest absolute Gasteiger partial charge is 0.415 e. The number of carbonyl (C=O) groups excluding carboxylic acids is 9. The second-order valence-electron chi connectivity index (χ2n) is 26.8. The van der Waals surface area contributed by atoms with Crippen LogP contribution in [0.4, 0.5) is 48.5 Å². The third kappa shape index (κ3) is 33.9. The van der Waals surface area contributed by atoms with Crippen LogP contribution in [-0.2, 0) is 14.4 Å². The maximum atomic E-state index is 12.8. The van der Waals surface area contributed by atoms with Crippen LogP contribution in [0.5, 0.6) is 17.2 Å². The van der Waals surface area contributed by atoms with E-state index in [-0.39, 0.29) is 160 Å². The highest BCUT2D eigenvalue weighted by atomic mass is 35.5. The maximum absolute atomic E-state index is 12.8. The van der Waals surface area contributed by atoms with Gasteiger partial charge < -0.3 is 148 Å². The number of ether oxygens (including phenoxy) is 3. The molecule has 2 fully saturated rings. The lowest BCUT2D eigenvalue weighted by Crippen LogP contribution is -2.83. The fourth-order valence-corrected chi connectivity index (χ4v) is 11.7. The summed E-state index contributed by atoms with van der Waals surface area (Å²) in [5.74, 6) is -7.06. The van der Waals surface area contributed by atoms with Crippen molar-refractivity contribution in [3.63, 3.8) is 0 Å². The summed E-state index contributed by atoms with van der Waals surface area (Å²) in [6.45, 7) is -1.55. The normalized spacial score (nSPS) is 15.1. The van der Waals surface area contributed by atoms with E-state index in [1.165, 1.54) is 79.8 Å². The van der Waals surface area contributed by atoms with Gasteiger partial charge in [-0.2, -0.15) is 0 Å². The number of aliphatic carboxylic acids is 3. The van der Waals surface area contributed by atoms with Crippen LogP contribution in [0.1, 0.15) is 59.6 Å². The van der Waals surface area contributed by atoms with Gasteiger partial charge in [0, 0.05) is 74.5 Å². The summed E-state index contributed by atoms with van der Waals surface area (Å²) in [5, 5.41) is 192. The van der Waals surface area contributed by atoms with Crippen LogP contribution in [0.3, 0.4) is 0 Å². The number of aliphatic hydroxyl groups excluding tert-OH is 13. The number of nitrogens with zero attached hydrogens (tertiary/aromatic N) is 6. The number of hydrogen-bond donors (Lipinski definition) is 19. The first-order valence-corrected chi connectivity index (χ1v) is 39.0. The van der Waals surface area contributed by atoms with E-state index in [1.807, 2.05) is 0 Å². The summed E-state index contributed by atoms with van der Waals surface area (Å²) in [5.41, 5.74) is 1.79. The molecule has 2 aliphatic rings. The summed E-state index contributed by atoms with van der Waals surface area (Å²) in [7, 11) is 4.57. The van der Waals surface area contributed by atoms with Gasteiger partial charge in [0.05, 0.1) is 159 Å². The van der Waals surface area contributed by atoms with E-state index in [0.29, 0.717) is 19.4 Å². The molecule has 8 rings (SSSR count). The van der Waals surface area contributed by atoms with Crippen molar-refractivity contribution in [2.75, 3.05) is 109 Å². The van der Waals surface area contributed by atoms with Crippen molar-refractivity contribution in [1.29, 1.82) is 0 Å². The fraction of sp³-hybridized carbons (Fsp3) is 0.392. The number of halogens is 6. The van der Waals surface area contributed by atoms with Crippen LogP contribution < -0.4 is 61.8 Å². The van der Waals surface area contributed by atoms with E-state index in [0.717, 1.165) is 51.1 Å². The van der Waals surface area contributed by atoms with Gasteiger partial charge in [0.25, 0.3) is 34.8 Å². The van der Waals surface area contributed by atoms with Gasteiger partial charge in [0.15, 0.2) is 0 Å². The zero-order valence-corrected chi connectivity index (χ0v) is 71.0. The van der Waals surface area contributed by atoms with Crippen molar-refractivity contribution in [3.05, 3.63) is 186 Å². The molecule has 0 saturated carbocycles. The first kappa shape index (κ1) is 109. The number of likely N-dealkylation sites (tertiary alicyclic amines) is 2. The van der Waals surface area contributed by atoms with Crippen LogP contribution in [0.15, 0.2) is 109 Å². The average Bonchev–Trinajstić information content (AvgIpc) is 1.02. The van der Waals surface area contributed by atoms with Gasteiger partial charge >= 0.3 is 18.3 Å². The number of non-ortho nitro benzene ring substituents is 3. The molecule has 2 saturated heterocycles. The molecule has 6 amide bonds. The third-order valence-electron chi connectivity index (χ3n) is 17.7. The van der Waals surface area contributed by atoms with E-state index in [4.69, 9.17) is 130 Å². The summed E-state index contributed by atoms with van der Waals surface area (Å²) in [6.07, 6.45) is -12.6. The third-order valence-corrected chi connectivity index (χ3v) is 19.4. The Balaban J connectivity index is 0.000000806. The molecular weight excluding hydrogens is 1810 g/mol. The van der Waals surface area contributed by atoms with E-state index in [1.54, 1.807) is 24.7 Å². The Hall–Kier alpha value is -10.8. The standard InChI is InChI=1S/2C19H15Cl2N3O7.C17H13Cl2N3O7.2C7H17NO5.C5H13NO3.2H2/c2*20-10-3-6-16(31-19(28)23-7-1-2-15(23)18(26)27)12(8-10)17(25)22-14-5-4-11(24(29)30)9-13(14)21;1-21(8-15(23)24)17(26)29-14-5-2-9(18)6-11(14)16(25)20-13-4-3-10(22(27)28)7-12(13)19;2*1-8-2-4(10)6(12)7(13)5(11)3-9;6-1-5(2-7,3-8)4-9;;/h2*3-6,8-9,15H,1-2,7H2,(H,22,25)(H,26,27);2-7H,8H2,1H3,(H,20,25)(H,23,24);2*4-13H,2-3H2,1H3;7-9H,1-4,6H2;2*1H/t2*15-;;;;;;/m00....../s1. The minimum atomic E-state index is -1.53. The average molecular weight is 1910 g/mol. The number of amides is 6. The number of nitro groups is 3. The lowest BCUT2D eigenvalue weighted by molar-refractivity contribution is -0.635. The lowest BCUT2D eigenvalue weighted by Gasteiger charge is -2.24. The van der Waals surface area contributed by atoms with Gasteiger partial charge in [0.1, 0.15) is 79.2 Å². The maximum Gasteiger partial charge on any atom is 0.415 e. The van der Waals surface area contributed by atoms with Crippen LogP contribution in [0.25, 0.3) is 0 Å². The van der Waals surface area contributed by atoms with Crippen molar-refractivity contribution in [1.82, 2.24) is 14.7 Å². The molecule has 0 aliphatic carbocycles. The number of anilines is 3. The monoisotopic (exact) mass is 1900 g/mol. The van der Waals surface area contributed by atoms with E-state index in [9.17, 15) is 109 Å². The molecule has 23 N–H and O–H groups in total. The Morgan fingerprint density at radius 2 is 0.786 bits per heavy atom. The Bertz CT molecular complexity index is 4540. The van der Waals surface area contributed by atoms with E-state index < -0.39 is 155 Å². The molecular formula is C74H94Cl6N12O34. The zero-order chi connectivity index (χ0) is 95.3. The first-order chi connectivity index (χ1) is 59.2. The molecule has 2 aliphatic heterocycles. The summed E-state index contributed by atoms with van der Waals surface area (Å²) >= 11 is 35.8. The van der Waals surface area contributed by atoms with Gasteiger partial charge in [-0.25, -0.2) is 14.4 Å². The van der Waals surface area contributed by atoms with Crippen LogP contribution >= 0.6 is 69.6 Å². The number of nitro benzene ring substituents is 3. The molecule has 2 heterocycles. The number of hydrogen-bond acceptors (Lipinski definition) is 34. The van der Waals surface area contributed by atoms with Crippen molar-refractivity contribution < 1.29 is 173 Å². The van der Waals surface area contributed by atoms with Gasteiger partial charge in [0.2, 0.25) is 0 Å². The number of likely N-dealkylation sites (N-methyl/N-ethyl adjacent to an activating group) is 3. The second-order valence-corrected chi connectivity index (χ2v) is 29.4. The highest BCUT2D eigenvalue weighted by Gasteiger charge is 2.36.